The van der Waals surface area contributed by atoms with Crippen molar-refractivity contribution in [1.82, 2.24) is 9.97 Å². The number of hydrogen-bond acceptors (Lipinski definition) is 5. The molecule has 128 valence electrons. The van der Waals surface area contributed by atoms with Crippen molar-refractivity contribution >= 4 is 23.1 Å². The molecule has 0 saturated heterocycles. The van der Waals surface area contributed by atoms with E-state index in [9.17, 15) is 0 Å². The summed E-state index contributed by atoms with van der Waals surface area (Å²) in [6.45, 7) is 4.09. The van der Waals surface area contributed by atoms with E-state index in [2.05, 4.69) is 51.8 Å². The van der Waals surface area contributed by atoms with Crippen LogP contribution in [0.25, 0.3) is 0 Å². The Morgan fingerprint density at radius 2 is 1.72 bits per heavy atom. The van der Waals surface area contributed by atoms with Crippen LogP contribution in [0.15, 0.2) is 54.6 Å². The SMILES string of the molecule is CCc1ccc(Nc2cc(C)nc(Nc3ccccc3OC)n2)cc1. The van der Waals surface area contributed by atoms with Crippen molar-refractivity contribution in [1.29, 1.82) is 0 Å². The maximum atomic E-state index is 5.36. The van der Waals surface area contributed by atoms with Crippen LogP contribution in [0.3, 0.4) is 0 Å². The number of nitrogens with zero attached hydrogens (tertiary/aromatic N) is 2. The molecule has 5 heteroatoms. The number of para-hydroxylation sites is 2. The molecule has 0 aliphatic carbocycles. The predicted molar refractivity (Wildman–Crippen MR) is 102 cm³/mol. The third-order valence-electron chi connectivity index (χ3n) is 3.84. The summed E-state index contributed by atoms with van der Waals surface area (Å²) in [6.07, 6.45) is 1.03. The van der Waals surface area contributed by atoms with Gasteiger partial charge < -0.3 is 15.4 Å². The van der Waals surface area contributed by atoms with E-state index in [4.69, 9.17) is 4.74 Å². The fraction of sp³-hybridized carbons (Fsp3) is 0.200. The van der Waals surface area contributed by atoms with E-state index in [0.29, 0.717) is 5.95 Å². The van der Waals surface area contributed by atoms with Crippen LogP contribution in [0.5, 0.6) is 5.75 Å². The first-order valence-electron chi connectivity index (χ1n) is 8.29. The highest BCUT2D eigenvalue weighted by atomic mass is 16.5. The van der Waals surface area contributed by atoms with Gasteiger partial charge in [0.25, 0.3) is 0 Å². The van der Waals surface area contributed by atoms with E-state index < -0.39 is 0 Å². The Bertz CT molecular complexity index is 847. The Hall–Kier alpha value is -3.08. The minimum absolute atomic E-state index is 0.525. The molecule has 2 aromatic carbocycles. The van der Waals surface area contributed by atoms with Crippen molar-refractivity contribution in [3.63, 3.8) is 0 Å². The van der Waals surface area contributed by atoms with E-state index in [1.54, 1.807) is 7.11 Å². The molecule has 0 fully saturated rings. The van der Waals surface area contributed by atoms with Crippen molar-refractivity contribution < 1.29 is 4.74 Å². The van der Waals surface area contributed by atoms with Crippen molar-refractivity contribution in [3.8, 4) is 5.75 Å². The number of aryl methyl sites for hydroxylation is 2. The molecule has 3 aromatic rings. The average molecular weight is 334 g/mol. The van der Waals surface area contributed by atoms with Gasteiger partial charge in [-0.15, -0.1) is 0 Å². The third kappa shape index (κ3) is 4.26. The fourth-order valence-corrected chi connectivity index (χ4v) is 2.53. The molecule has 0 atom stereocenters. The number of ether oxygens (including phenoxy) is 1. The lowest BCUT2D eigenvalue weighted by atomic mass is 10.1. The zero-order valence-electron chi connectivity index (χ0n) is 14.7. The highest BCUT2D eigenvalue weighted by Crippen LogP contribution is 2.26. The van der Waals surface area contributed by atoms with Gasteiger partial charge in [0.15, 0.2) is 0 Å². The first-order valence-corrected chi connectivity index (χ1v) is 8.29. The molecule has 0 unspecified atom stereocenters. The summed E-state index contributed by atoms with van der Waals surface area (Å²) in [4.78, 5) is 9.01. The standard InChI is InChI=1S/C20H22N4O/c1-4-15-9-11-16(12-10-15)22-19-13-14(2)21-20(24-19)23-17-7-5-6-8-18(17)25-3/h5-13H,4H2,1-3H3,(H2,21,22,23,24). The van der Waals surface area contributed by atoms with Crippen LogP contribution in [0.2, 0.25) is 0 Å². The Morgan fingerprint density at radius 1 is 0.960 bits per heavy atom. The molecule has 0 spiro atoms. The van der Waals surface area contributed by atoms with Crippen LogP contribution >= 0.6 is 0 Å². The zero-order chi connectivity index (χ0) is 17.6. The molecule has 0 bridgehead atoms. The number of hydrogen-bond donors (Lipinski definition) is 2. The number of aromatic nitrogens is 2. The van der Waals surface area contributed by atoms with Crippen LogP contribution in [0.1, 0.15) is 18.2 Å². The lowest BCUT2D eigenvalue weighted by molar-refractivity contribution is 0.417. The summed E-state index contributed by atoms with van der Waals surface area (Å²) in [5.74, 6) is 2.02. The summed E-state index contributed by atoms with van der Waals surface area (Å²) in [5.41, 5.74) is 4.01. The molecule has 0 aliphatic rings. The highest BCUT2D eigenvalue weighted by molar-refractivity contribution is 5.64. The topological polar surface area (TPSA) is 59.1 Å². The van der Waals surface area contributed by atoms with Gasteiger partial charge in [0.2, 0.25) is 5.95 Å². The van der Waals surface area contributed by atoms with Gasteiger partial charge in [0.1, 0.15) is 11.6 Å². The Morgan fingerprint density at radius 3 is 2.44 bits per heavy atom. The number of anilines is 4. The minimum atomic E-state index is 0.525. The Labute approximate surface area is 148 Å². The van der Waals surface area contributed by atoms with Crippen LogP contribution in [-0.2, 0) is 6.42 Å². The van der Waals surface area contributed by atoms with Gasteiger partial charge >= 0.3 is 0 Å². The summed E-state index contributed by atoms with van der Waals surface area (Å²) < 4.78 is 5.36. The summed E-state index contributed by atoms with van der Waals surface area (Å²) in [6, 6.07) is 18.0. The quantitative estimate of drug-likeness (QED) is 0.675. The van der Waals surface area contributed by atoms with Gasteiger partial charge in [-0.3, -0.25) is 0 Å². The molecule has 0 aliphatic heterocycles. The van der Waals surface area contributed by atoms with Gasteiger partial charge in [-0.05, 0) is 43.2 Å². The lowest BCUT2D eigenvalue weighted by Gasteiger charge is -2.12. The van der Waals surface area contributed by atoms with E-state index in [0.717, 1.165) is 35.1 Å². The largest absolute Gasteiger partial charge is 0.495 e. The Balaban J connectivity index is 1.82. The van der Waals surface area contributed by atoms with E-state index in [-0.39, 0.29) is 0 Å². The first-order chi connectivity index (χ1) is 12.2. The van der Waals surface area contributed by atoms with Crippen molar-refractivity contribution in [3.05, 3.63) is 65.9 Å². The second-order valence-electron chi connectivity index (χ2n) is 5.72. The third-order valence-corrected chi connectivity index (χ3v) is 3.84. The molecule has 0 saturated carbocycles. The van der Waals surface area contributed by atoms with Gasteiger partial charge in [-0.25, -0.2) is 4.98 Å². The molecule has 3 rings (SSSR count). The number of nitrogens with one attached hydrogen (secondary N) is 2. The fourth-order valence-electron chi connectivity index (χ4n) is 2.53. The molecule has 0 radical (unpaired) electrons. The van der Waals surface area contributed by atoms with E-state index >= 15 is 0 Å². The second-order valence-corrected chi connectivity index (χ2v) is 5.72. The second kappa shape index (κ2) is 7.66. The van der Waals surface area contributed by atoms with Crippen molar-refractivity contribution in [2.24, 2.45) is 0 Å². The summed E-state index contributed by atoms with van der Waals surface area (Å²) in [7, 11) is 1.64. The van der Waals surface area contributed by atoms with Crippen LogP contribution in [0.4, 0.5) is 23.1 Å². The monoisotopic (exact) mass is 334 g/mol. The molecular formula is C20H22N4O. The smallest absolute Gasteiger partial charge is 0.229 e. The number of benzene rings is 2. The molecule has 1 heterocycles. The maximum absolute atomic E-state index is 5.36. The molecule has 0 amide bonds. The molecular weight excluding hydrogens is 312 g/mol. The highest BCUT2D eigenvalue weighted by Gasteiger charge is 2.07. The Kier molecular flexibility index (Phi) is 5.14. The first kappa shape index (κ1) is 16.8. The lowest BCUT2D eigenvalue weighted by Crippen LogP contribution is -2.03. The summed E-state index contributed by atoms with van der Waals surface area (Å²) >= 11 is 0. The van der Waals surface area contributed by atoms with Gasteiger partial charge in [0, 0.05) is 17.4 Å². The van der Waals surface area contributed by atoms with E-state index in [1.807, 2.05) is 37.3 Å². The normalized spacial score (nSPS) is 10.4. The number of rotatable bonds is 6. The van der Waals surface area contributed by atoms with E-state index in [1.165, 1.54) is 5.56 Å². The van der Waals surface area contributed by atoms with Crippen LogP contribution in [-0.4, -0.2) is 17.1 Å². The predicted octanol–water partition coefficient (Wildman–Crippen LogP) is 4.84. The zero-order valence-corrected chi connectivity index (χ0v) is 14.7. The van der Waals surface area contributed by atoms with Gasteiger partial charge in [0.05, 0.1) is 12.8 Å². The number of methoxy groups -OCH3 is 1. The van der Waals surface area contributed by atoms with Crippen molar-refractivity contribution in [2.75, 3.05) is 17.7 Å². The minimum Gasteiger partial charge on any atom is -0.495 e. The molecule has 2 N–H and O–H groups in total. The molecule has 1 aromatic heterocycles. The molecule has 5 nitrogen and oxygen atoms in total. The average Bonchev–Trinajstić information content (AvgIpc) is 2.62. The van der Waals surface area contributed by atoms with Crippen LogP contribution in [0, 0.1) is 6.92 Å². The summed E-state index contributed by atoms with van der Waals surface area (Å²) in [5, 5.41) is 6.55. The van der Waals surface area contributed by atoms with Crippen LogP contribution < -0.4 is 15.4 Å². The van der Waals surface area contributed by atoms with Crippen molar-refractivity contribution in [2.45, 2.75) is 20.3 Å². The van der Waals surface area contributed by atoms with Gasteiger partial charge in [-0.1, -0.05) is 31.2 Å². The van der Waals surface area contributed by atoms with Gasteiger partial charge in [-0.2, -0.15) is 4.98 Å². The maximum Gasteiger partial charge on any atom is 0.229 e. The molecule has 25 heavy (non-hydrogen) atoms.